The third kappa shape index (κ3) is 4.50. The van der Waals surface area contributed by atoms with Gasteiger partial charge in [0.1, 0.15) is 5.75 Å². The van der Waals surface area contributed by atoms with Crippen molar-refractivity contribution in [3.8, 4) is 5.75 Å². The van der Waals surface area contributed by atoms with Gasteiger partial charge in [-0.25, -0.2) is 0 Å². The quantitative estimate of drug-likeness (QED) is 0.785. The zero-order valence-corrected chi connectivity index (χ0v) is 13.6. The van der Waals surface area contributed by atoms with E-state index in [0.717, 1.165) is 11.3 Å². The summed E-state index contributed by atoms with van der Waals surface area (Å²) in [6, 6.07) is 8.34. The number of para-hydroxylation sites is 1. The predicted molar refractivity (Wildman–Crippen MR) is 84.3 cm³/mol. The first-order valence-corrected chi connectivity index (χ1v) is 7.55. The van der Waals surface area contributed by atoms with Crippen LogP contribution in [0.3, 0.4) is 0 Å². The van der Waals surface area contributed by atoms with Crippen LogP contribution in [0.4, 0.5) is 0 Å². The lowest BCUT2D eigenvalue weighted by atomic mass is 9.93. The molecule has 20 heavy (non-hydrogen) atoms. The van der Waals surface area contributed by atoms with Gasteiger partial charge in [-0.05, 0) is 39.8 Å². The highest BCUT2D eigenvalue weighted by Gasteiger charge is 2.27. The molecule has 0 heterocycles. The molecule has 1 aromatic rings. The molecule has 2 atom stereocenters. The first-order valence-electron chi connectivity index (χ1n) is 7.55. The van der Waals surface area contributed by atoms with Gasteiger partial charge in [-0.3, -0.25) is 0 Å². The molecule has 0 spiro atoms. The Morgan fingerprint density at radius 2 is 1.75 bits per heavy atom. The number of hydrogen-bond donors (Lipinski definition) is 1. The van der Waals surface area contributed by atoms with E-state index in [1.165, 1.54) is 0 Å². The van der Waals surface area contributed by atoms with E-state index in [2.05, 4.69) is 31.3 Å². The highest BCUT2D eigenvalue weighted by atomic mass is 16.5. The molecule has 0 fully saturated rings. The Morgan fingerprint density at radius 3 is 2.25 bits per heavy atom. The van der Waals surface area contributed by atoms with Crippen molar-refractivity contribution in [2.24, 2.45) is 5.92 Å². The summed E-state index contributed by atoms with van der Waals surface area (Å²) in [5.74, 6) is 1.37. The van der Waals surface area contributed by atoms with Crippen molar-refractivity contribution in [1.29, 1.82) is 0 Å². The normalized spacial score (nSPS) is 14.6. The van der Waals surface area contributed by atoms with Crippen LogP contribution in [0, 0.1) is 5.92 Å². The molecule has 0 radical (unpaired) electrons. The molecular weight excluding hydrogens is 250 g/mol. The van der Waals surface area contributed by atoms with E-state index in [0.29, 0.717) is 12.5 Å². The van der Waals surface area contributed by atoms with E-state index in [-0.39, 0.29) is 18.2 Å². The van der Waals surface area contributed by atoms with Gasteiger partial charge >= 0.3 is 0 Å². The van der Waals surface area contributed by atoms with Gasteiger partial charge in [0.25, 0.3) is 0 Å². The second kappa shape index (κ2) is 8.28. The maximum absolute atomic E-state index is 5.95. The smallest absolute Gasteiger partial charge is 0.124 e. The van der Waals surface area contributed by atoms with E-state index >= 15 is 0 Å². The fourth-order valence-electron chi connectivity index (χ4n) is 2.46. The van der Waals surface area contributed by atoms with Crippen molar-refractivity contribution < 1.29 is 9.47 Å². The average Bonchev–Trinajstić information content (AvgIpc) is 2.39. The molecule has 0 amide bonds. The molecule has 2 unspecified atom stereocenters. The van der Waals surface area contributed by atoms with Crippen LogP contribution < -0.4 is 10.1 Å². The predicted octanol–water partition coefficient (Wildman–Crippen LogP) is 3.80. The van der Waals surface area contributed by atoms with Crippen LogP contribution in [-0.4, -0.2) is 25.9 Å². The van der Waals surface area contributed by atoms with E-state index < -0.39 is 0 Å². The molecule has 3 heteroatoms. The van der Waals surface area contributed by atoms with Crippen LogP contribution in [0.1, 0.15) is 46.2 Å². The molecule has 0 aromatic heterocycles. The molecule has 3 nitrogen and oxygen atoms in total. The Morgan fingerprint density at radius 1 is 1.10 bits per heavy atom. The zero-order chi connectivity index (χ0) is 15.1. The number of benzene rings is 1. The molecule has 0 saturated heterocycles. The first kappa shape index (κ1) is 17.0. The molecule has 1 N–H and O–H groups in total. The minimum Gasteiger partial charge on any atom is -0.491 e. The van der Waals surface area contributed by atoms with Crippen molar-refractivity contribution in [1.82, 2.24) is 5.32 Å². The zero-order valence-electron chi connectivity index (χ0n) is 13.6. The Labute approximate surface area is 123 Å². The monoisotopic (exact) mass is 279 g/mol. The third-order valence-electron chi connectivity index (χ3n) is 3.27. The third-order valence-corrected chi connectivity index (χ3v) is 3.27. The van der Waals surface area contributed by atoms with Gasteiger partial charge in [-0.1, -0.05) is 32.0 Å². The van der Waals surface area contributed by atoms with Gasteiger partial charge in [0.2, 0.25) is 0 Å². The minimum absolute atomic E-state index is 0.127. The molecule has 0 aliphatic rings. The van der Waals surface area contributed by atoms with Crippen LogP contribution in [-0.2, 0) is 4.74 Å². The van der Waals surface area contributed by atoms with E-state index in [4.69, 9.17) is 9.47 Å². The van der Waals surface area contributed by atoms with Gasteiger partial charge in [0.05, 0.1) is 18.2 Å². The number of nitrogens with one attached hydrogen (secondary N) is 1. The standard InChI is InChI=1S/C17H29NO2/c1-7-19-17(12(2)3)16(18-6)14-10-8-9-11-15(14)20-13(4)5/h8-13,16-18H,7H2,1-6H3. The Kier molecular flexibility index (Phi) is 7.03. The molecule has 0 aliphatic heterocycles. The summed E-state index contributed by atoms with van der Waals surface area (Å²) < 4.78 is 11.9. The number of rotatable bonds is 8. The summed E-state index contributed by atoms with van der Waals surface area (Å²) in [6.07, 6.45) is 0.292. The van der Waals surface area contributed by atoms with Crippen molar-refractivity contribution >= 4 is 0 Å². The van der Waals surface area contributed by atoms with Crippen LogP contribution in [0.15, 0.2) is 24.3 Å². The SMILES string of the molecule is CCOC(C(C)C)C(NC)c1ccccc1OC(C)C. The van der Waals surface area contributed by atoms with Crippen molar-refractivity contribution in [2.75, 3.05) is 13.7 Å². The maximum Gasteiger partial charge on any atom is 0.124 e. The molecular formula is C17H29NO2. The van der Waals surface area contributed by atoms with Crippen LogP contribution in [0.5, 0.6) is 5.75 Å². The highest BCUT2D eigenvalue weighted by molar-refractivity contribution is 5.37. The van der Waals surface area contributed by atoms with Crippen LogP contribution in [0.25, 0.3) is 0 Å². The van der Waals surface area contributed by atoms with Gasteiger partial charge in [0, 0.05) is 12.2 Å². The summed E-state index contributed by atoms with van der Waals surface area (Å²) in [6.45, 7) is 11.2. The summed E-state index contributed by atoms with van der Waals surface area (Å²) in [4.78, 5) is 0. The van der Waals surface area contributed by atoms with Gasteiger partial charge in [0.15, 0.2) is 0 Å². The van der Waals surface area contributed by atoms with Gasteiger partial charge in [-0.15, -0.1) is 0 Å². The number of likely N-dealkylation sites (N-methyl/N-ethyl adjacent to an activating group) is 1. The van der Waals surface area contributed by atoms with E-state index in [1.807, 2.05) is 40.0 Å². The van der Waals surface area contributed by atoms with E-state index in [1.54, 1.807) is 0 Å². The molecule has 1 aromatic carbocycles. The molecule has 114 valence electrons. The van der Waals surface area contributed by atoms with Gasteiger partial charge < -0.3 is 14.8 Å². The topological polar surface area (TPSA) is 30.5 Å². The van der Waals surface area contributed by atoms with Crippen LogP contribution in [0.2, 0.25) is 0 Å². The fraction of sp³-hybridized carbons (Fsp3) is 0.647. The van der Waals surface area contributed by atoms with Crippen molar-refractivity contribution in [3.63, 3.8) is 0 Å². The lowest BCUT2D eigenvalue weighted by Crippen LogP contribution is -2.36. The molecule has 0 saturated carbocycles. The van der Waals surface area contributed by atoms with E-state index in [9.17, 15) is 0 Å². The minimum atomic E-state index is 0.127. The second-order valence-corrected chi connectivity index (χ2v) is 5.63. The van der Waals surface area contributed by atoms with Gasteiger partial charge in [-0.2, -0.15) is 0 Å². The Balaban J connectivity index is 3.09. The number of hydrogen-bond acceptors (Lipinski definition) is 3. The van der Waals surface area contributed by atoms with Crippen molar-refractivity contribution in [2.45, 2.75) is 52.9 Å². The largest absolute Gasteiger partial charge is 0.491 e. The molecule has 0 aliphatic carbocycles. The lowest BCUT2D eigenvalue weighted by molar-refractivity contribution is 0.00379. The Hall–Kier alpha value is -1.06. The fourth-order valence-corrected chi connectivity index (χ4v) is 2.46. The first-order chi connectivity index (χ1) is 9.51. The average molecular weight is 279 g/mol. The molecule has 0 bridgehead atoms. The summed E-state index contributed by atoms with van der Waals surface area (Å²) in [7, 11) is 1.98. The van der Waals surface area contributed by atoms with Crippen molar-refractivity contribution in [3.05, 3.63) is 29.8 Å². The van der Waals surface area contributed by atoms with Crippen LogP contribution >= 0.6 is 0 Å². The second-order valence-electron chi connectivity index (χ2n) is 5.63. The summed E-state index contributed by atoms with van der Waals surface area (Å²) in [5.41, 5.74) is 1.16. The summed E-state index contributed by atoms with van der Waals surface area (Å²) in [5, 5.41) is 3.39. The summed E-state index contributed by atoms with van der Waals surface area (Å²) >= 11 is 0. The number of ether oxygens (including phenoxy) is 2. The maximum atomic E-state index is 5.95. The Bertz CT molecular complexity index is 390. The highest BCUT2D eigenvalue weighted by Crippen LogP contribution is 2.31. The lowest BCUT2D eigenvalue weighted by Gasteiger charge is -2.31. The molecule has 1 rings (SSSR count).